The minimum Gasteiger partial charge on any atom is -0.382 e. The number of anilines is 1. The largest absolute Gasteiger partial charge is 0.382 e. The second-order valence-electron chi connectivity index (χ2n) is 8.38. The summed E-state index contributed by atoms with van der Waals surface area (Å²) in [6.07, 6.45) is 4.58. The molecule has 2 aliphatic heterocycles. The lowest BCUT2D eigenvalue weighted by atomic mass is 9.92. The molecule has 6 nitrogen and oxygen atoms in total. The summed E-state index contributed by atoms with van der Waals surface area (Å²) < 4.78 is 0. The number of likely N-dealkylation sites (tertiary alicyclic amines) is 1. The maximum absolute atomic E-state index is 11.9. The fraction of sp³-hybridized carbons (Fsp3) is 0.333. The molecule has 7 heteroatoms. The van der Waals surface area contributed by atoms with Crippen LogP contribution in [0.2, 0.25) is 5.02 Å². The molecule has 1 aromatic heterocycles. The number of piperidine rings is 1. The first-order valence-electron chi connectivity index (χ1n) is 10.7. The minimum atomic E-state index is -0.141. The summed E-state index contributed by atoms with van der Waals surface area (Å²) in [5.41, 5.74) is 5.49. The first-order chi connectivity index (χ1) is 15.2. The third-order valence-corrected chi connectivity index (χ3v) is 6.77. The van der Waals surface area contributed by atoms with E-state index in [2.05, 4.69) is 34.6 Å². The van der Waals surface area contributed by atoms with Crippen LogP contribution in [0.25, 0.3) is 10.9 Å². The predicted molar refractivity (Wildman–Crippen MR) is 122 cm³/mol. The van der Waals surface area contributed by atoms with Gasteiger partial charge in [-0.25, -0.2) is 0 Å². The second kappa shape index (κ2) is 8.27. The van der Waals surface area contributed by atoms with Crippen molar-refractivity contribution in [3.63, 3.8) is 0 Å². The number of aromatic amines is 1. The number of rotatable bonds is 5. The smallest absolute Gasteiger partial charge is 0.210 e. The Morgan fingerprint density at radius 1 is 1.00 bits per heavy atom. The Balaban J connectivity index is 1.41. The number of H-pyrrole nitrogens is 1. The maximum Gasteiger partial charge on any atom is 0.210 e. The number of fused-ring (bicyclic) bond motifs is 3. The number of hydrogen-bond donors (Lipinski definition) is 2. The van der Waals surface area contributed by atoms with Crippen molar-refractivity contribution in [2.45, 2.75) is 31.3 Å². The van der Waals surface area contributed by atoms with Crippen molar-refractivity contribution in [3.8, 4) is 0 Å². The number of halogens is 1. The van der Waals surface area contributed by atoms with Gasteiger partial charge in [0, 0.05) is 53.0 Å². The summed E-state index contributed by atoms with van der Waals surface area (Å²) >= 11 is 6.23. The van der Waals surface area contributed by atoms with Crippen LogP contribution in [0.4, 0.5) is 5.69 Å². The standard InChI is InChI=1S/C24H25ClN4O2/c25-17-3-6-22-21(13-17)20-9-12-29(15-31)24(23(20)27-22)16-1-4-18(5-2-16)26-19-7-10-28(14-30)11-8-19/h1-6,13-15,19,24,26-27H,7-12H2. The molecule has 1 unspecified atom stereocenters. The molecule has 0 saturated carbocycles. The molecule has 2 aromatic carbocycles. The van der Waals surface area contributed by atoms with E-state index in [0.29, 0.717) is 12.6 Å². The topological polar surface area (TPSA) is 68.4 Å². The highest BCUT2D eigenvalue weighted by molar-refractivity contribution is 6.31. The number of benzene rings is 2. The normalized spacial score (nSPS) is 19.3. The summed E-state index contributed by atoms with van der Waals surface area (Å²) in [6, 6.07) is 14.5. The van der Waals surface area contributed by atoms with Crippen LogP contribution in [-0.4, -0.2) is 53.3 Å². The molecular weight excluding hydrogens is 412 g/mol. The van der Waals surface area contributed by atoms with Crippen LogP contribution >= 0.6 is 11.6 Å². The molecule has 3 heterocycles. The number of carbonyl (C=O) groups is 2. The van der Waals surface area contributed by atoms with Gasteiger partial charge in [-0.3, -0.25) is 9.59 Å². The summed E-state index contributed by atoms with van der Waals surface area (Å²) in [4.78, 5) is 30.0. The number of nitrogens with zero attached hydrogens (tertiary/aromatic N) is 2. The van der Waals surface area contributed by atoms with Crippen molar-refractivity contribution in [2.24, 2.45) is 0 Å². The third-order valence-electron chi connectivity index (χ3n) is 6.54. The Hall–Kier alpha value is -2.99. The van der Waals surface area contributed by atoms with E-state index in [1.165, 1.54) is 5.56 Å². The lowest BCUT2D eigenvalue weighted by Gasteiger charge is -2.33. The average molecular weight is 437 g/mol. The quantitative estimate of drug-likeness (QED) is 0.595. The zero-order valence-corrected chi connectivity index (χ0v) is 17.9. The van der Waals surface area contributed by atoms with E-state index < -0.39 is 0 Å². The molecule has 1 atom stereocenters. The van der Waals surface area contributed by atoms with E-state index in [1.54, 1.807) is 0 Å². The van der Waals surface area contributed by atoms with Crippen molar-refractivity contribution in [1.82, 2.24) is 14.8 Å². The highest BCUT2D eigenvalue weighted by atomic mass is 35.5. The molecule has 2 amide bonds. The van der Waals surface area contributed by atoms with Crippen LogP contribution < -0.4 is 5.32 Å². The number of carbonyl (C=O) groups excluding carboxylic acids is 2. The first kappa shape index (κ1) is 19.9. The van der Waals surface area contributed by atoms with Gasteiger partial charge >= 0.3 is 0 Å². The predicted octanol–water partition coefficient (Wildman–Crippen LogP) is 3.96. The molecule has 160 valence electrons. The summed E-state index contributed by atoms with van der Waals surface area (Å²) in [7, 11) is 0. The average Bonchev–Trinajstić information content (AvgIpc) is 3.17. The van der Waals surface area contributed by atoms with Crippen LogP contribution in [0.15, 0.2) is 42.5 Å². The molecule has 5 rings (SSSR count). The Morgan fingerprint density at radius 2 is 1.77 bits per heavy atom. The summed E-state index contributed by atoms with van der Waals surface area (Å²) in [6.45, 7) is 2.27. The molecule has 0 aliphatic carbocycles. The Kier molecular flexibility index (Phi) is 5.32. The summed E-state index contributed by atoms with van der Waals surface area (Å²) in [5, 5.41) is 5.44. The molecule has 31 heavy (non-hydrogen) atoms. The van der Waals surface area contributed by atoms with Gasteiger partial charge in [0.15, 0.2) is 0 Å². The lowest BCUT2D eigenvalue weighted by molar-refractivity contribution is -0.120. The highest BCUT2D eigenvalue weighted by Crippen LogP contribution is 2.38. The molecule has 0 radical (unpaired) electrons. The molecule has 2 aliphatic rings. The molecule has 1 fully saturated rings. The lowest BCUT2D eigenvalue weighted by Crippen LogP contribution is -2.38. The maximum atomic E-state index is 11.9. The third kappa shape index (κ3) is 3.76. The number of hydrogen-bond acceptors (Lipinski definition) is 3. The van der Waals surface area contributed by atoms with Crippen molar-refractivity contribution in [3.05, 3.63) is 64.3 Å². The van der Waals surface area contributed by atoms with Gasteiger partial charge in [0.1, 0.15) is 0 Å². The zero-order valence-electron chi connectivity index (χ0n) is 17.2. The highest BCUT2D eigenvalue weighted by Gasteiger charge is 2.31. The van der Waals surface area contributed by atoms with E-state index in [0.717, 1.165) is 78.0 Å². The van der Waals surface area contributed by atoms with Crippen LogP contribution in [0, 0.1) is 0 Å². The molecule has 0 spiro atoms. The van der Waals surface area contributed by atoms with Crippen LogP contribution in [0.5, 0.6) is 0 Å². The van der Waals surface area contributed by atoms with Gasteiger partial charge in [-0.2, -0.15) is 0 Å². The Morgan fingerprint density at radius 3 is 2.48 bits per heavy atom. The molecule has 2 N–H and O–H groups in total. The fourth-order valence-electron chi connectivity index (χ4n) is 4.90. The van der Waals surface area contributed by atoms with Gasteiger partial charge in [0.05, 0.1) is 6.04 Å². The Bertz CT molecular complexity index is 1100. The van der Waals surface area contributed by atoms with E-state index in [1.807, 2.05) is 28.0 Å². The van der Waals surface area contributed by atoms with Crippen LogP contribution in [0.3, 0.4) is 0 Å². The van der Waals surface area contributed by atoms with Crippen molar-refractivity contribution < 1.29 is 9.59 Å². The first-order valence-corrected chi connectivity index (χ1v) is 11.1. The zero-order chi connectivity index (χ0) is 21.4. The number of aromatic nitrogens is 1. The molecule has 0 bridgehead atoms. The second-order valence-corrected chi connectivity index (χ2v) is 8.82. The minimum absolute atomic E-state index is 0.141. The van der Waals surface area contributed by atoms with Crippen molar-refractivity contribution in [1.29, 1.82) is 0 Å². The van der Waals surface area contributed by atoms with Crippen LogP contribution in [-0.2, 0) is 16.0 Å². The summed E-state index contributed by atoms with van der Waals surface area (Å²) in [5.74, 6) is 0. The monoisotopic (exact) mass is 436 g/mol. The Labute approximate surface area is 186 Å². The van der Waals surface area contributed by atoms with Crippen molar-refractivity contribution >= 4 is 41.0 Å². The van der Waals surface area contributed by atoms with Gasteiger partial charge in [0.2, 0.25) is 12.8 Å². The number of amides is 2. The van der Waals surface area contributed by atoms with Gasteiger partial charge in [-0.15, -0.1) is 0 Å². The van der Waals surface area contributed by atoms with Crippen LogP contribution in [0.1, 0.15) is 35.7 Å². The van der Waals surface area contributed by atoms with Gasteiger partial charge < -0.3 is 20.1 Å². The van der Waals surface area contributed by atoms with Gasteiger partial charge in [-0.05, 0) is 60.7 Å². The SMILES string of the molecule is O=CN1CCC(Nc2ccc(C3c4[nH]c5ccc(Cl)cc5c4CCN3C=O)cc2)CC1. The molecule has 1 saturated heterocycles. The van der Waals surface area contributed by atoms with E-state index in [4.69, 9.17) is 11.6 Å². The van der Waals surface area contributed by atoms with Gasteiger partial charge in [-0.1, -0.05) is 23.7 Å². The van der Waals surface area contributed by atoms with E-state index >= 15 is 0 Å². The molecular formula is C24H25ClN4O2. The number of nitrogens with one attached hydrogen (secondary N) is 2. The molecule has 3 aromatic rings. The van der Waals surface area contributed by atoms with E-state index in [-0.39, 0.29) is 6.04 Å². The van der Waals surface area contributed by atoms with E-state index in [9.17, 15) is 9.59 Å². The van der Waals surface area contributed by atoms with Gasteiger partial charge in [0.25, 0.3) is 0 Å². The van der Waals surface area contributed by atoms with Crippen molar-refractivity contribution in [2.75, 3.05) is 25.0 Å². The fourth-order valence-corrected chi connectivity index (χ4v) is 5.07.